The monoisotopic (exact) mass is 905 g/mol. The van der Waals surface area contributed by atoms with Crippen LogP contribution in [0.2, 0.25) is 0 Å². The molecule has 2 saturated heterocycles. The first-order valence-electron chi connectivity index (χ1n) is 22.1. The standard InChI is InChI=1S/C52H59NO13/c1-35(55)53-45-48(66-52-50(63-36(2)56)49(61-32-39-20-12-6-13-21-39)46(43(28-54)64-52)59-30-37-16-8-4-9-17-37)47(60-31-38-18-10-5-11-19-38)44(34-58-29-41-24-26-42(57-3)27-25-41)65-51(45)62-33-40-22-14-7-15-23-40/h4-27,43-52,54H,28-34H2,1-3H3,(H,53,55)/t43-,44-,45-,46-,47+,48-,49+,50-,51-,52+/m1/s1. The van der Waals surface area contributed by atoms with Gasteiger partial charge in [0, 0.05) is 13.8 Å². The van der Waals surface area contributed by atoms with E-state index in [4.69, 9.17) is 47.4 Å². The molecule has 2 fully saturated rings. The second kappa shape index (κ2) is 24.8. The van der Waals surface area contributed by atoms with Gasteiger partial charge in [-0.25, -0.2) is 0 Å². The Morgan fingerprint density at radius 2 is 0.985 bits per heavy atom. The summed E-state index contributed by atoms with van der Waals surface area (Å²) in [4.78, 5) is 26.3. The average molecular weight is 906 g/mol. The van der Waals surface area contributed by atoms with Gasteiger partial charge in [0.15, 0.2) is 18.7 Å². The Morgan fingerprint density at radius 3 is 1.45 bits per heavy atom. The van der Waals surface area contributed by atoms with E-state index in [2.05, 4.69) is 5.32 Å². The van der Waals surface area contributed by atoms with Gasteiger partial charge < -0.3 is 57.8 Å². The number of ether oxygens (including phenoxy) is 10. The maximum absolute atomic E-state index is 13.2. The van der Waals surface area contributed by atoms with Crippen LogP contribution in [0.15, 0.2) is 146 Å². The van der Waals surface area contributed by atoms with Crippen LogP contribution in [-0.2, 0) is 85.3 Å². The molecule has 2 N–H and O–H groups in total. The lowest BCUT2D eigenvalue weighted by molar-refractivity contribution is -0.357. The molecule has 5 aromatic rings. The van der Waals surface area contributed by atoms with Gasteiger partial charge in [-0.1, -0.05) is 133 Å². The summed E-state index contributed by atoms with van der Waals surface area (Å²) in [5.41, 5.74) is 4.36. The molecule has 0 unspecified atom stereocenters. The van der Waals surface area contributed by atoms with Crippen molar-refractivity contribution in [3.05, 3.63) is 173 Å². The summed E-state index contributed by atoms with van der Waals surface area (Å²) >= 11 is 0. The minimum absolute atomic E-state index is 0.0136. The molecule has 0 saturated carbocycles. The number of amides is 1. The summed E-state index contributed by atoms with van der Waals surface area (Å²) in [7, 11) is 1.61. The molecule has 0 bridgehead atoms. The van der Waals surface area contributed by atoms with Crippen molar-refractivity contribution in [2.75, 3.05) is 20.3 Å². The molecule has 66 heavy (non-hydrogen) atoms. The molecule has 2 aliphatic heterocycles. The lowest BCUT2D eigenvalue weighted by Crippen LogP contribution is -2.69. The molecule has 1 amide bonds. The van der Waals surface area contributed by atoms with Gasteiger partial charge in [-0.2, -0.15) is 0 Å². The molecule has 14 nitrogen and oxygen atoms in total. The number of aliphatic hydroxyl groups is 1. The van der Waals surface area contributed by atoms with Gasteiger partial charge in [-0.05, 0) is 39.9 Å². The maximum Gasteiger partial charge on any atom is 0.303 e. The highest BCUT2D eigenvalue weighted by molar-refractivity contribution is 5.73. The average Bonchev–Trinajstić information content (AvgIpc) is 3.34. The fourth-order valence-corrected chi connectivity index (χ4v) is 8.00. The molecule has 2 heterocycles. The van der Waals surface area contributed by atoms with Crippen molar-refractivity contribution in [2.24, 2.45) is 0 Å². The Bertz CT molecular complexity index is 2180. The van der Waals surface area contributed by atoms with E-state index in [1.807, 2.05) is 146 Å². The highest BCUT2D eigenvalue weighted by Crippen LogP contribution is 2.36. The molecular formula is C52H59NO13. The molecule has 2 aliphatic rings. The smallest absolute Gasteiger partial charge is 0.303 e. The van der Waals surface area contributed by atoms with Gasteiger partial charge in [0.25, 0.3) is 0 Å². The summed E-state index contributed by atoms with van der Waals surface area (Å²) in [6, 6.07) is 44.8. The Hall–Kier alpha value is -5.52. The van der Waals surface area contributed by atoms with Gasteiger partial charge in [-0.3, -0.25) is 9.59 Å². The molecule has 0 radical (unpaired) electrons. The van der Waals surface area contributed by atoms with E-state index in [9.17, 15) is 14.7 Å². The molecule has 10 atom stereocenters. The van der Waals surface area contributed by atoms with E-state index in [1.165, 1.54) is 13.8 Å². The van der Waals surface area contributed by atoms with E-state index in [0.29, 0.717) is 5.75 Å². The summed E-state index contributed by atoms with van der Waals surface area (Å²) in [6.07, 6.45) is -9.66. The van der Waals surface area contributed by atoms with E-state index in [0.717, 1.165) is 27.8 Å². The minimum atomic E-state index is -1.40. The lowest BCUT2D eigenvalue weighted by Gasteiger charge is -2.50. The molecule has 0 aliphatic carbocycles. The Kier molecular flexibility index (Phi) is 18.2. The molecule has 7 rings (SSSR count). The Labute approximate surface area is 385 Å². The highest BCUT2D eigenvalue weighted by Gasteiger charge is 2.55. The first-order chi connectivity index (χ1) is 32.3. The molecule has 0 spiro atoms. The van der Waals surface area contributed by atoms with Crippen LogP contribution in [0, 0.1) is 0 Å². The zero-order valence-corrected chi connectivity index (χ0v) is 37.4. The van der Waals surface area contributed by atoms with Gasteiger partial charge in [0.2, 0.25) is 5.91 Å². The van der Waals surface area contributed by atoms with E-state index in [-0.39, 0.29) is 39.6 Å². The van der Waals surface area contributed by atoms with Crippen LogP contribution in [0.3, 0.4) is 0 Å². The normalized spacial score (nSPS) is 25.2. The van der Waals surface area contributed by atoms with Crippen LogP contribution in [0.25, 0.3) is 0 Å². The number of carbonyl (C=O) groups is 2. The number of esters is 1. The predicted molar refractivity (Wildman–Crippen MR) is 241 cm³/mol. The van der Waals surface area contributed by atoms with Gasteiger partial charge in [-0.15, -0.1) is 0 Å². The Balaban J connectivity index is 1.26. The number of hydrogen-bond donors (Lipinski definition) is 2. The molecule has 0 aromatic heterocycles. The number of hydrogen-bond acceptors (Lipinski definition) is 13. The number of methoxy groups -OCH3 is 1. The van der Waals surface area contributed by atoms with Crippen molar-refractivity contribution in [1.82, 2.24) is 5.32 Å². The second-order valence-electron chi connectivity index (χ2n) is 16.1. The molecule has 14 heteroatoms. The van der Waals surface area contributed by atoms with Gasteiger partial charge in [0.1, 0.15) is 48.4 Å². The van der Waals surface area contributed by atoms with Crippen LogP contribution >= 0.6 is 0 Å². The number of carbonyl (C=O) groups excluding carboxylic acids is 2. The summed E-state index contributed by atoms with van der Waals surface area (Å²) < 4.78 is 64.7. The predicted octanol–water partition coefficient (Wildman–Crippen LogP) is 6.45. The lowest BCUT2D eigenvalue weighted by atomic mass is 9.94. The van der Waals surface area contributed by atoms with Crippen LogP contribution in [-0.4, -0.2) is 98.7 Å². The topological polar surface area (TPSA) is 159 Å². The summed E-state index contributed by atoms with van der Waals surface area (Å²) in [6.45, 7) is 2.92. The molecular weight excluding hydrogens is 847 g/mol. The third kappa shape index (κ3) is 13.8. The minimum Gasteiger partial charge on any atom is -0.497 e. The van der Waals surface area contributed by atoms with Crippen LogP contribution in [0.4, 0.5) is 0 Å². The molecule has 350 valence electrons. The first kappa shape index (κ1) is 48.4. The van der Waals surface area contributed by atoms with Gasteiger partial charge >= 0.3 is 5.97 Å². The Morgan fingerprint density at radius 1 is 0.530 bits per heavy atom. The third-order valence-electron chi connectivity index (χ3n) is 11.2. The zero-order chi connectivity index (χ0) is 46.1. The quantitative estimate of drug-likeness (QED) is 0.0732. The van der Waals surface area contributed by atoms with Crippen molar-refractivity contribution in [3.8, 4) is 5.75 Å². The van der Waals surface area contributed by atoms with Crippen molar-refractivity contribution < 1.29 is 62.1 Å². The molecule has 5 aromatic carbocycles. The number of rotatable bonds is 22. The van der Waals surface area contributed by atoms with E-state index in [1.54, 1.807) is 7.11 Å². The van der Waals surface area contributed by atoms with Crippen molar-refractivity contribution in [1.29, 1.82) is 0 Å². The summed E-state index contributed by atoms with van der Waals surface area (Å²) in [5.74, 6) is -0.312. The first-order valence-corrected chi connectivity index (χ1v) is 22.1. The van der Waals surface area contributed by atoms with Crippen LogP contribution < -0.4 is 10.1 Å². The second-order valence-corrected chi connectivity index (χ2v) is 16.1. The fraction of sp³-hybridized carbons (Fsp3) is 0.385. The number of benzene rings is 5. The highest BCUT2D eigenvalue weighted by atomic mass is 16.7. The number of nitrogens with one attached hydrogen (secondary N) is 1. The van der Waals surface area contributed by atoms with E-state index < -0.39 is 79.8 Å². The fourth-order valence-electron chi connectivity index (χ4n) is 8.00. The van der Waals surface area contributed by atoms with Crippen molar-refractivity contribution in [2.45, 2.75) is 108 Å². The zero-order valence-electron chi connectivity index (χ0n) is 37.4. The third-order valence-corrected chi connectivity index (χ3v) is 11.2. The van der Waals surface area contributed by atoms with Crippen molar-refractivity contribution >= 4 is 11.9 Å². The van der Waals surface area contributed by atoms with Crippen molar-refractivity contribution in [3.63, 3.8) is 0 Å². The van der Waals surface area contributed by atoms with E-state index >= 15 is 0 Å². The SMILES string of the molecule is COc1ccc(COC[C@H]2O[C@@H](OCc3ccccc3)[C@H](NC(C)=O)[C@@H](O[C@@H]3O[C@H](CO)[C@@H](OCc4ccccc4)[C@H](OCc4ccccc4)[C@H]3OC(C)=O)[C@H]2OCc2ccccc2)cc1. The maximum atomic E-state index is 13.2. The number of aliphatic hydroxyl groups excluding tert-OH is 1. The van der Waals surface area contributed by atoms with Gasteiger partial charge in [0.05, 0.1) is 53.4 Å². The van der Waals surface area contributed by atoms with Crippen LogP contribution in [0.5, 0.6) is 5.75 Å². The largest absolute Gasteiger partial charge is 0.497 e. The van der Waals surface area contributed by atoms with Crippen LogP contribution in [0.1, 0.15) is 41.7 Å². The summed E-state index contributed by atoms with van der Waals surface area (Å²) in [5, 5.41) is 14.0.